The molecule has 1 unspecified atom stereocenters. The van der Waals surface area contributed by atoms with Crippen LogP contribution in [0.4, 0.5) is 15.0 Å². The third-order valence-electron chi connectivity index (χ3n) is 2.90. The Morgan fingerprint density at radius 3 is 2.52 bits per heavy atom. The van der Waals surface area contributed by atoms with Crippen molar-refractivity contribution in [2.24, 2.45) is 5.92 Å². The van der Waals surface area contributed by atoms with Crippen LogP contribution >= 0.6 is 46.8 Å². The van der Waals surface area contributed by atoms with E-state index in [1.807, 2.05) is 13.8 Å². The number of rotatable bonds is 4. The van der Waals surface area contributed by atoms with Crippen molar-refractivity contribution in [1.29, 1.82) is 0 Å². The van der Waals surface area contributed by atoms with Gasteiger partial charge in [-0.3, -0.25) is 4.90 Å². The molecule has 1 aliphatic heterocycles. The fraction of sp³-hybridized carbons (Fsp3) is 0.417. The summed E-state index contributed by atoms with van der Waals surface area (Å²) < 4.78 is 14.4. The lowest BCUT2D eigenvalue weighted by atomic mass is 10.1. The van der Waals surface area contributed by atoms with E-state index in [0.717, 1.165) is 16.4 Å². The van der Waals surface area contributed by atoms with Gasteiger partial charge in [0, 0.05) is 10.7 Å². The van der Waals surface area contributed by atoms with Crippen molar-refractivity contribution >= 4 is 58.5 Å². The lowest BCUT2D eigenvalue weighted by Crippen LogP contribution is -2.41. The largest absolute Gasteiger partial charge is 0.370 e. The van der Waals surface area contributed by atoms with Crippen molar-refractivity contribution < 1.29 is 9.28 Å². The van der Waals surface area contributed by atoms with Crippen molar-refractivity contribution in [3.05, 3.63) is 29.3 Å². The van der Waals surface area contributed by atoms with Crippen molar-refractivity contribution in [3.63, 3.8) is 0 Å². The number of carbonyl (C=O) groups is 1. The summed E-state index contributed by atoms with van der Waals surface area (Å²) in [7, 11) is 0. The number of anilines is 1. The van der Waals surface area contributed by atoms with Gasteiger partial charge < -0.3 is 0 Å². The van der Waals surface area contributed by atoms with Gasteiger partial charge in [-0.05, 0) is 36.1 Å². The number of urea groups is 1. The Morgan fingerprint density at radius 1 is 1.33 bits per heavy atom. The van der Waals surface area contributed by atoms with E-state index in [-0.39, 0.29) is 11.1 Å². The average Bonchev–Trinajstić information content (AvgIpc) is 2.63. The molecule has 0 radical (unpaired) electrons. The maximum atomic E-state index is 14.2. The maximum absolute atomic E-state index is 14.2. The van der Waals surface area contributed by atoms with Gasteiger partial charge in [0.15, 0.2) is 4.17 Å². The Kier molecular flexibility index (Phi) is 5.48. The first-order valence-electron chi connectivity index (χ1n) is 6.11. The minimum absolute atomic E-state index is 0.0218. The zero-order chi connectivity index (χ0) is 15.7. The van der Waals surface area contributed by atoms with Crippen LogP contribution in [0.25, 0.3) is 0 Å². The Hall–Kier alpha value is -0.400. The first-order chi connectivity index (χ1) is 9.82. The molecule has 0 spiro atoms. The van der Waals surface area contributed by atoms with Gasteiger partial charge in [-0.25, -0.2) is 4.79 Å². The predicted octanol–water partition coefficient (Wildman–Crippen LogP) is 5.08. The summed E-state index contributed by atoms with van der Waals surface area (Å²) in [6, 6.07) is 5.88. The van der Waals surface area contributed by atoms with Gasteiger partial charge >= 0.3 is 6.03 Å². The quantitative estimate of drug-likeness (QED) is 0.419. The molecule has 1 aliphatic rings. The number of hydrazine groups is 1. The summed E-state index contributed by atoms with van der Waals surface area (Å²) in [6.45, 7) is 3.75. The second-order valence-corrected chi connectivity index (χ2v) is 7.83. The van der Waals surface area contributed by atoms with Crippen LogP contribution < -0.4 is 4.90 Å². The SMILES string of the molecule is CC(C)C1N(c2cccc(Cl)c2)C(=O)N(F)N1SC(Cl)Cl. The molecule has 9 heteroatoms. The number of benzene rings is 1. The van der Waals surface area contributed by atoms with Gasteiger partial charge in [-0.1, -0.05) is 64.4 Å². The van der Waals surface area contributed by atoms with Crippen LogP contribution in [0.2, 0.25) is 5.02 Å². The van der Waals surface area contributed by atoms with Gasteiger partial charge in [0.2, 0.25) is 0 Å². The van der Waals surface area contributed by atoms with Crippen LogP contribution in [-0.4, -0.2) is 26.0 Å². The van der Waals surface area contributed by atoms with E-state index in [1.54, 1.807) is 24.3 Å². The highest BCUT2D eigenvalue weighted by molar-refractivity contribution is 8.00. The smallest absolute Gasteiger partial charge is 0.272 e. The topological polar surface area (TPSA) is 26.8 Å². The molecule has 1 atom stereocenters. The summed E-state index contributed by atoms with van der Waals surface area (Å²) in [5.41, 5.74) is 0.512. The van der Waals surface area contributed by atoms with E-state index in [0.29, 0.717) is 10.7 Å². The van der Waals surface area contributed by atoms with E-state index < -0.39 is 16.4 Å². The van der Waals surface area contributed by atoms with E-state index in [2.05, 4.69) is 0 Å². The van der Waals surface area contributed by atoms with Gasteiger partial charge in [-0.15, -0.1) is 4.41 Å². The van der Waals surface area contributed by atoms with E-state index in [1.165, 1.54) is 4.90 Å². The van der Waals surface area contributed by atoms with Crippen LogP contribution in [0.5, 0.6) is 0 Å². The highest BCUT2D eigenvalue weighted by Gasteiger charge is 2.48. The van der Waals surface area contributed by atoms with Crippen LogP contribution in [-0.2, 0) is 0 Å². The highest BCUT2D eigenvalue weighted by atomic mass is 35.5. The number of hydrogen-bond acceptors (Lipinski definition) is 3. The zero-order valence-corrected chi connectivity index (χ0v) is 14.3. The molecule has 0 saturated carbocycles. The van der Waals surface area contributed by atoms with Gasteiger partial charge in [0.1, 0.15) is 6.17 Å². The van der Waals surface area contributed by atoms with Crippen molar-refractivity contribution in [3.8, 4) is 0 Å². The number of amides is 2. The maximum Gasteiger partial charge on any atom is 0.370 e. The first-order valence-corrected chi connectivity index (χ1v) is 8.20. The summed E-state index contributed by atoms with van der Waals surface area (Å²) in [5.74, 6) is -0.0618. The Balaban J connectivity index is 2.41. The van der Waals surface area contributed by atoms with E-state index in [9.17, 15) is 9.28 Å². The van der Waals surface area contributed by atoms with E-state index in [4.69, 9.17) is 34.8 Å². The van der Waals surface area contributed by atoms with Crippen molar-refractivity contribution in [2.45, 2.75) is 24.2 Å². The monoisotopic (exact) mass is 371 g/mol. The minimum atomic E-state index is -0.892. The lowest BCUT2D eigenvalue weighted by Gasteiger charge is -2.30. The molecule has 0 bridgehead atoms. The number of carbonyl (C=O) groups excluding carboxylic acids is 1. The molecule has 2 rings (SSSR count). The van der Waals surface area contributed by atoms with Crippen LogP contribution in [0, 0.1) is 5.92 Å². The number of alkyl halides is 2. The number of hydrogen-bond donors (Lipinski definition) is 0. The average molecular weight is 373 g/mol. The van der Waals surface area contributed by atoms with E-state index >= 15 is 0 Å². The van der Waals surface area contributed by atoms with Gasteiger partial charge in [-0.2, -0.15) is 0 Å². The Bertz CT molecular complexity index is 534. The summed E-state index contributed by atoms with van der Waals surface area (Å²) >= 11 is 18.2. The first kappa shape index (κ1) is 17.0. The highest BCUT2D eigenvalue weighted by Crippen LogP contribution is 2.40. The molecular formula is C12H13Cl3FN3OS. The summed E-state index contributed by atoms with van der Waals surface area (Å²) in [5, 5.41) is 0.487. The molecule has 1 saturated heterocycles. The third-order valence-corrected chi connectivity index (χ3v) is 4.35. The second kappa shape index (κ2) is 6.79. The standard InChI is InChI=1S/C12H13Cl3FN3OS/c1-7(2)10-17(9-5-3-4-8(13)6-9)12(20)18(16)19(10)21-11(14)15/h3-7,10-11H,1-2H3. The number of halogens is 4. The van der Waals surface area contributed by atoms with Gasteiger partial charge in [0.05, 0.1) is 0 Å². The summed E-state index contributed by atoms with van der Waals surface area (Å²) in [6.07, 6.45) is -0.564. The molecule has 116 valence electrons. The molecular weight excluding hydrogens is 360 g/mol. The zero-order valence-electron chi connectivity index (χ0n) is 11.2. The molecule has 1 aromatic carbocycles. The van der Waals surface area contributed by atoms with Crippen molar-refractivity contribution in [1.82, 2.24) is 9.65 Å². The molecule has 4 nitrogen and oxygen atoms in total. The van der Waals surface area contributed by atoms with Crippen LogP contribution in [0.15, 0.2) is 24.3 Å². The third kappa shape index (κ3) is 3.51. The molecule has 21 heavy (non-hydrogen) atoms. The summed E-state index contributed by atoms with van der Waals surface area (Å²) in [4.78, 5) is 13.5. The van der Waals surface area contributed by atoms with Crippen molar-refractivity contribution in [2.75, 3.05) is 4.90 Å². The number of nitrogens with zero attached hydrogens (tertiary/aromatic N) is 3. The fourth-order valence-electron chi connectivity index (χ4n) is 2.12. The van der Waals surface area contributed by atoms with Crippen LogP contribution in [0.1, 0.15) is 13.8 Å². The molecule has 0 N–H and O–H groups in total. The molecule has 0 aliphatic carbocycles. The second-order valence-electron chi connectivity index (χ2n) is 4.72. The molecule has 1 fully saturated rings. The molecule has 1 heterocycles. The Morgan fingerprint density at radius 2 is 2.00 bits per heavy atom. The molecule has 1 aromatic rings. The van der Waals surface area contributed by atoms with Gasteiger partial charge in [0.25, 0.3) is 0 Å². The predicted molar refractivity (Wildman–Crippen MR) is 85.8 cm³/mol. The minimum Gasteiger partial charge on any atom is -0.272 e. The molecule has 2 amide bonds. The normalized spacial score (nSPS) is 20.2. The Labute approximate surface area is 141 Å². The molecule has 0 aromatic heterocycles. The fourth-order valence-corrected chi connectivity index (χ4v) is 3.57. The van der Waals surface area contributed by atoms with Crippen LogP contribution in [0.3, 0.4) is 0 Å². The lowest BCUT2D eigenvalue weighted by molar-refractivity contribution is -0.0519.